The smallest absolute Gasteiger partial charge is 0.255 e. The number of halogens is 1. The van der Waals surface area contributed by atoms with Gasteiger partial charge in [-0.15, -0.1) is 0 Å². The maximum atomic E-state index is 13.6. The number of rotatable bonds is 8. The first-order chi connectivity index (χ1) is 22.0. The summed E-state index contributed by atoms with van der Waals surface area (Å²) in [5.74, 6) is 4.50. The molecule has 1 atom stereocenters. The van der Waals surface area contributed by atoms with Gasteiger partial charge in [0.2, 0.25) is 0 Å². The minimum absolute atomic E-state index is 0.0323. The Kier molecular flexibility index (Phi) is 7.73. The lowest BCUT2D eigenvalue weighted by atomic mass is 10.1. The average Bonchev–Trinajstić information content (AvgIpc) is 3.68. The molecule has 2 saturated heterocycles. The van der Waals surface area contributed by atoms with Crippen molar-refractivity contribution in [2.45, 2.75) is 25.3 Å². The van der Waals surface area contributed by atoms with Gasteiger partial charge in [0, 0.05) is 37.9 Å². The summed E-state index contributed by atoms with van der Waals surface area (Å²) < 4.78 is 27.3. The molecular weight excluding hydrogens is 573 g/mol. The fraction of sp³-hybridized carbons (Fsp3) is 0.314. The third kappa shape index (κ3) is 5.42. The van der Waals surface area contributed by atoms with Gasteiger partial charge in [0.05, 0.1) is 37.4 Å². The average molecular weight is 608 g/mol. The molecule has 45 heavy (non-hydrogen) atoms. The maximum Gasteiger partial charge on any atom is 0.255 e. The zero-order chi connectivity index (χ0) is 30.9. The summed E-state index contributed by atoms with van der Waals surface area (Å²) in [7, 11) is 1.58. The molecule has 5 heterocycles. The topological polar surface area (TPSA) is 79.6 Å². The molecule has 0 radical (unpaired) electrons. The van der Waals surface area contributed by atoms with E-state index in [0.717, 1.165) is 41.8 Å². The number of amides is 1. The number of imidazole rings is 1. The summed E-state index contributed by atoms with van der Waals surface area (Å²) in [5, 5.41) is 0. The highest BCUT2D eigenvalue weighted by molar-refractivity contribution is 6.00. The Hall–Kier alpha value is -5.08. The van der Waals surface area contributed by atoms with Gasteiger partial charge in [-0.05, 0) is 73.4 Å². The summed E-state index contributed by atoms with van der Waals surface area (Å²) in [6.45, 7) is 3.51. The van der Waals surface area contributed by atoms with E-state index in [2.05, 4.69) is 21.8 Å². The number of fused-ring (bicyclic) bond motifs is 3. The number of pyridine rings is 1. The molecule has 10 heteroatoms. The number of benzene rings is 2. The lowest BCUT2D eigenvalue weighted by Gasteiger charge is -2.36. The van der Waals surface area contributed by atoms with Crippen molar-refractivity contribution in [1.29, 1.82) is 0 Å². The second kappa shape index (κ2) is 12.1. The molecule has 0 N–H and O–H groups in total. The molecule has 230 valence electrons. The van der Waals surface area contributed by atoms with Crippen LogP contribution in [0.5, 0.6) is 11.5 Å². The van der Waals surface area contributed by atoms with E-state index in [1.165, 1.54) is 12.1 Å². The van der Waals surface area contributed by atoms with E-state index in [-0.39, 0.29) is 17.8 Å². The van der Waals surface area contributed by atoms with E-state index in [1.54, 1.807) is 25.3 Å². The number of carbonyl (C=O) groups is 1. The number of carbonyl (C=O) groups excluding carboxylic acids is 2. The number of anilines is 1. The van der Waals surface area contributed by atoms with E-state index < -0.39 is 0 Å². The van der Waals surface area contributed by atoms with Crippen molar-refractivity contribution in [3.05, 3.63) is 89.5 Å². The monoisotopic (exact) mass is 607 g/mol. The highest BCUT2D eigenvalue weighted by atomic mass is 19.1. The quantitative estimate of drug-likeness (QED) is 0.204. The number of hydrogen-bond acceptors (Lipinski definition) is 7. The molecule has 2 aromatic carbocycles. The summed E-state index contributed by atoms with van der Waals surface area (Å²) >= 11 is 0. The first-order valence-electron chi connectivity index (χ1n) is 15.3. The van der Waals surface area contributed by atoms with Crippen LogP contribution in [0, 0.1) is 5.82 Å². The van der Waals surface area contributed by atoms with Gasteiger partial charge in [-0.25, -0.2) is 14.2 Å². The Labute approximate surface area is 260 Å². The standard InChI is InChI=1S/C35H34FN5O4/c1-44-31-21-29-25(10-13-27-6-4-16-40(27)35(29)43)20-32(31)45-19-5-14-38-17-18-39(22-28(38)23-42)34-30-7-2-3-15-41(30)33(37-34)24-8-11-26(36)12-9-24/h2-3,7-13,15,20-21,27H,4-6,14,16-19,22H2,1H3/t27-/m0/s1. The van der Waals surface area contributed by atoms with Gasteiger partial charge >= 0.3 is 0 Å². The van der Waals surface area contributed by atoms with Gasteiger partial charge < -0.3 is 24.2 Å². The Bertz CT molecular complexity index is 1830. The molecule has 2 fully saturated rings. The van der Waals surface area contributed by atoms with E-state index in [4.69, 9.17) is 14.5 Å². The van der Waals surface area contributed by atoms with Crippen molar-refractivity contribution in [3.8, 4) is 22.9 Å². The van der Waals surface area contributed by atoms with E-state index >= 15 is 0 Å². The van der Waals surface area contributed by atoms with Gasteiger partial charge in [0.15, 0.2) is 17.3 Å². The second-order valence-corrected chi connectivity index (χ2v) is 11.5. The summed E-state index contributed by atoms with van der Waals surface area (Å²) in [4.78, 5) is 36.3. The summed E-state index contributed by atoms with van der Waals surface area (Å²) in [5.41, 5.74) is 3.75. The summed E-state index contributed by atoms with van der Waals surface area (Å²) in [6, 6.07) is 16.0. The lowest BCUT2D eigenvalue weighted by Crippen LogP contribution is -2.45. The number of aromatic nitrogens is 2. The molecule has 2 aromatic heterocycles. The fourth-order valence-electron chi connectivity index (χ4n) is 6.54. The molecule has 0 spiro atoms. The lowest BCUT2D eigenvalue weighted by molar-refractivity contribution is 0.0763. The molecule has 7 rings (SSSR count). The second-order valence-electron chi connectivity index (χ2n) is 11.5. The minimum Gasteiger partial charge on any atom is -0.493 e. The Morgan fingerprint density at radius 2 is 1.93 bits per heavy atom. The fourth-order valence-corrected chi connectivity index (χ4v) is 6.54. The van der Waals surface area contributed by atoms with Crippen LogP contribution in [0.1, 0.15) is 35.2 Å². The minimum atomic E-state index is -0.298. The van der Waals surface area contributed by atoms with Gasteiger partial charge in [-0.1, -0.05) is 18.2 Å². The first kappa shape index (κ1) is 28.7. The largest absolute Gasteiger partial charge is 0.493 e. The van der Waals surface area contributed by atoms with E-state index in [0.29, 0.717) is 67.8 Å². The van der Waals surface area contributed by atoms with Gasteiger partial charge in [-0.3, -0.25) is 9.20 Å². The van der Waals surface area contributed by atoms with Gasteiger partial charge in [0.1, 0.15) is 23.3 Å². The van der Waals surface area contributed by atoms with Crippen molar-refractivity contribution in [2.75, 3.05) is 51.3 Å². The molecule has 3 aliphatic rings. The van der Waals surface area contributed by atoms with Crippen molar-refractivity contribution in [1.82, 2.24) is 19.2 Å². The Morgan fingerprint density at radius 3 is 2.76 bits per heavy atom. The highest BCUT2D eigenvalue weighted by Gasteiger charge is 2.32. The molecule has 0 aliphatic carbocycles. The molecule has 3 aliphatic heterocycles. The van der Waals surface area contributed by atoms with Crippen LogP contribution in [0.4, 0.5) is 10.2 Å². The van der Waals surface area contributed by atoms with Crippen LogP contribution in [0.3, 0.4) is 0 Å². The van der Waals surface area contributed by atoms with Crippen LogP contribution in [0.2, 0.25) is 0 Å². The third-order valence-electron chi connectivity index (χ3n) is 8.87. The maximum absolute atomic E-state index is 13.6. The van der Waals surface area contributed by atoms with Crippen LogP contribution < -0.4 is 14.4 Å². The Balaban J connectivity index is 1.01. The van der Waals surface area contributed by atoms with Crippen LogP contribution in [-0.2, 0) is 4.79 Å². The number of methoxy groups -OCH3 is 1. The van der Waals surface area contributed by atoms with Crippen molar-refractivity contribution < 1.29 is 23.5 Å². The molecule has 0 saturated carbocycles. The highest BCUT2D eigenvalue weighted by Crippen LogP contribution is 2.36. The number of ether oxygens (including phenoxy) is 2. The van der Waals surface area contributed by atoms with Crippen molar-refractivity contribution in [3.63, 3.8) is 0 Å². The van der Waals surface area contributed by atoms with Crippen LogP contribution >= 0.6 is 0 Å². The van der Waals surface area contributed by atoms with Crippen LogP contribution in [-0.4, -0.2) is 83.5 Å². The van der Waals surface area contributed by atoms with E-state index in [9.17, 15) is 14.0 Å². The molecule has 9 nitrogen and oxygen atoms in total. The predicted molar refractivity (Wildman–Crippen MR) is 170 cm³/mol. The predicted octanol–water partition coefficient (Wildman–Crippen LogP) is 5.09. The number of piperazine rings is 1. The normalized spacial score (nSPS) is 17.7. The molecule has 0 bridgehead atoms. The SMILES string of the molecule is COc1cc2c(cc1OCCCN1CCN(c3nc(-c4ccc(F)cc4)n4ccccc34)CC1=C=O)C=C[C@@H]1CCCN1C2=O. The number of nitrogens with zero attached hydrogens (tertiary/aromatic N) is 5. The molecule has 4 aromatic rings. The summed E-state index contributed by atoms with van der Waals surface area (Å²) in [6.07, 6.45) is 8.74. The van der Waals surface area contributed by atoms with Crippen molar-refractivity contribution >= 4 is 29.3 Å². The third-order valence-corrected chi connectivity index (χ3v) is 8.87. The zero-order valence-electron chi connectivity index (χ0n) is 25.1. The van der Waals surface area contributed by atoms with Crippen LogP contribution in [0.25, 0.3) is 23.0 Å². The van der Waals surface area contributed by atoms with Crippen LogP contribution in [0.15, 0.2) is 72.6 Å². The molecule has 1 amide bonds. The molecule has 0 unspecified atom stereocenters. The Morgan fingerprint density at radius 1 is 1.07 bits per heavy atom. The number of hydrogen-bond donors (Lipinski definition) is 0. The van der Waals surface area contributed by atoms with E-state index in [1.807, 2.05) is 45.8 Å². The van der Waals surface area contributed by atoms with Gasteiger partial charge in [0.25, 0.3) is 5.91 Å². The van der Waals surface area contributed by atoms with Crippen molar-refractivity contribution in [2.24, 2.45) is 0 Å². The zero-order valence-corrected chi connectivity index (χ0v) is 25.1. The van der Waals surface area contributed by atoms with Gasteiger partial charge in [-0.2, -0.15) is 0 Å². The molecular formula is C35H34FN5O4. The first-order valence-corrected chi connectivity index (χ1v) is 15.3.